The van der Waals surface area contributed by atoms with Crippen LogP contribution in [0, 0.1) is 11.7 Å². The molecular formula is C16H25FN2. The maximum absolute atomic E-state index is 13.2. The molecule has 0 amide bonds. The number of hydrogen-bond donors (Lipinski definition) is 1. The first-order valence-electron chi connectivity index (χ1n) is 7.51. The molecule has 0 spiro atoms. The van der Waals surface area contributed by atoms with E-state index in [2.05, 4.69) is 17.1 Å². The summed E-state index contributed by atoms with van der Waals surface area (Å²) >= 11 is 0. The van der Waals surface area contributed by atoms with Crippen LogP contribution in [0.4, 0.5) is 10.1 Å². The molecule has 0 aliphatic heterocycles. The largest absolute Gasteiger partial charge is 0.370 e. The van der Waals surface area contributed by atoms with Crippen molar-refractivity contribution >= 4 is 5.69 Å². The number of nitrogens with zero attached hydrogens (tertiary/aromatic N) is 1. The van der Waals surface area contributed by atoms with Crippen LogP contribution >= 0.6 is 0 Å². The van der Waals surface area contributed by atoms with Crippen LogP contribution in [0.2, 0.25) is 0 Å². The maximum atomic E-state index is 13.2. The molecule has 0 aromatic heterocycles. The average Bonchev–Trinajstić information content (AvgIpc) is 2.92. The highest BCUT2D eigenvalue weighted by atomic mass is 19.1. The van der Waals surface area contributed by atoms with Gasteiger partial charge in [0.1, 0.15) is 5.82 Å². The van der Waals surface area contributed by atoms with Crippen molar-refractivity contribution in [3.63, 3.8) is 0 Å². The van der Waals surface area contributed by atoms with E-state index in [0.29, 0.717) is 0 Å². The molecule has 1 aliphatic rings. The Balaban J connectivity index is 1.73. The van der Waals surface area contributed by atoms with Crippen molar-refractivity contribution in [2.24, 2.45) is 5.92 Å². The summed E-state index contributed by atoms with van der Waals surface area (Å²) in [6.07, 6.45) is 5.57. The Morgan fingerprint density at radius 3 is 2.79 bits per heavy atom. The van der Waals surface area contributed by atoms with Gasteiger partial charge in [-0.3, -0.25) is 0 Å². The minimum atomic E-state index is -0.158. The highest BCUT2D eigenvalue weighted by Gasteiger charge is 2.14. The Bertz CT molecular complexity index is 375. The van der Waals surface area contributed by atoms with Crippen molar-refractivity contribution in [3.05, 3.63) is 30.1 Å². The number of likely N-dealkylation sites (N-methyl/N-ethyl adjacent to an activating group) is 1. The van der Waals surface area contributed by atoms with Crippen LogP contribution < -0.4 is 10.2 Å². The van der Waals surface area contributed by atoms with E-state index < -0.39 is 0 Å². The SMILES string of the molecule is CCN(CCNCC1CCCC1)c1cccc(F)c1. The van der Waals surface area contributed by atoms with Crippen LogP contribution in [-0.4, -0.2) is 26.2 Å². The van der Waals surface area contributed by atoms with Crippen molar-refractivity contribution in [3.8, 4) is 0 Å². The topological polar surface area (TPSA) is 15.3 Å². The number of rotatable bonds is 7. The van der Waals surface area contributed by atoms with Crippen LogP contribution in [0.25, 0.3) is 0 Å². The number of benzene rings is 1. The molecule has 19 heavy (non-hydrogen) atoms. The molecule has 2 nitrogen and oxygen atoms in total. The molecule has 1 aliphatic carbocycles. The first-order valence-corrected chi connectivity index (χ1v) is 7.51. The van der Waals surface area contributed by atoms with E-state index >= 15 is 0 Å². The molecule has 106 valence electrons. The lowest BCUT2D eigenvalue weighted by atomic mass is 10.1. The summed E-state index contributed by atoms with van der Waals surface area (Å²) in [4.78, 5) is 2.21. The van der Waals surface area contributed by atoms with Gasteiger partial charge in [-0.2, -0.15) is 0 Å². The summed E-state index contributed by atoms with van der Waals surface area (Å²) in [5.41, 5.74) is 0.977. The fourth-order valence-electron chi connectivity index (χ4n) is 2.88. The molecular weight excluding hydrogens is 239 g/mol. The standard InChI is InChI=1S/C16H25FN2/c1-2-19(16-9-5-8-15(17)12-16)11-10-18-13-14-6-3-4-7-14/h5,8-9,12,14,18H,2-4,6-7,10-11,13H2,1H3. The molecule has 0 saturated heterocycles. The third-order valence-electron chi connectivity index (χ3n) is 4.02. The van der Waals surface area contributed by atoms with Gasteiger partial charge in [-0.25, -0.2) is 4.39 Å². The van der Waals surface area contributed by atoms with E-state index in [9.17, 15) is 4.39 Å². The fourth-order valence-corrected chi connectivity index (χ4v) is 2.88. The van der Waals surface area contributed by atoms with Gasteiger partial charge in [0.05, 0.1) is 0 Å². The second kappa shape index (κ2) is 7.49. The molecule has 1 fully saturated rings. The maximum Gasteiger partial charge on any atom is 0.125 e. The Morgan fingerprint density at radius 1 is 1.32 bits per heavy atom. The molecule has 0 bridgehead atoms. The summed E-state index contributed by atoms with van der Waals surface area (Å²) in [5, 5.41) is 3.54. The molecule has 0 heterocycles. The van der Waals surface area contributed by atoms with E-state index in [1.807, 2.05) is 6.07 Å². The second-order valence-corrected chi connectivity index (χ2v) is 5.41. The lowest BCUT2D eigenvalue weighted by molar-refractivity contribution is 0.491. The third-order valence-corrected chi connectivity index (χ3v) is 4.02. The van der Waals surface area contributed by atoms with Crippen molar-refractivity contribution in [2.75, 3.05) is 31.1 Å². The molecule has 0 radical (unpaired) electrons. The lowest BCUT2D eigenvalue weighted by Gasteiger charge is -2.23. The minimum Gasteiger partial charge on any atom is -0.370 e. The molecule has 3 heteroatoms. The second-order valence-electron chi connectivity index (χ2n) is 5.41. The number of nitrogens with one attached hydrogen (secondary N) is 1. The van der Waals surface area contributed by atoms with E-state index in [-0.39, 0.29) is 5.82 Å². The first-order chi connectivity index (χ1) is 9.29. The van der Waals surface area contributed by atoms with Crippen LogP contribution in [-0.2, 0) is 0 Å². The predicted octanol–water partition coefficient (Wildman–Crippen LogP) is 3.43. The van der Waals surface area contributed by atoms with Gasteiger partial charge in [-0.05, 0) is 50.4 Å². The molecule has 1 saturated carbocycles. The summed E-state index contributed by atoms with van der Waals surface area (Å²) in [6.45, 7) is 6.07. The molecule has 0 unspecified atom stereocenters. The van der Waals surface area contributed by atoms with Crippen LogP contribution in [0.3, 0.4) is 0 Å². The van der Waals surface area contributed by atoms with Gasteiger partial charge >= 0.3 is 0 Å². The van der Waals surface area contributed by atoms with Gasteiger partial charge < -0.3 is 10.2 Å². The minimum absolute atomic E-state index is 0.158. The van der Waals surface area contributed by atoms with Gasteiger partial charge in [-0.15, -0.1) is 0 Å². The highest BCUT2D eigenvalue weighted by Crippen LogP contribution is 2.23. The molecule has 2 rings (SSSR count). The zero-order valence-electron chi connectivity index (χ0n) is 11.9. The normalized spacial score (nSPS) is 15.9. The third kappa shape index (κ3) is 4.50. The first kappa shape index (κ1) is 14.3. The van der Waals surface area contributed by atoms with Gasteiger partial charge in [0.25, 0.3) is 0 Å². The Hall–Kier alpha value is -1.09. The zero-order valence-corrected chi connectivity index (χ0v) is 11.9. The Labute approximate surface area is 116 Å². The summed E-state index contributed by atoms with van der Waals surface area (Å²) in [7, 11) is 0. The number of hydrogen-bond acceptors (Lipinski definition) is 2. The summed E-state index contributed by atoms with van der Waals surface area (Å²) < 4.78 is 13.2. The Kier molecular flexibility index (Phi) is 5.64. The van der Waals surface area contributed by atoms with Crippen LogP contribution in [0.5, 0.6) is 0 Å². The molecule has 0 atom stereocenters. The summed E-state index contributed by atoms with van der Waals surface area (Å²) in [5.74, 6) is 0.721. The molecule has 1 N–H and O–H groups in total. The van der Waals surface area contributed by atoms with E-state index in [1.54, 1.807) is 12.1 Å². The molecule has 1 aromatic carbocycles. The monoisotopic (exact) mass is 264 g/mol. The van der Waals surface area contributed by atoms with Crippen molar-refractivity contribution in [1.82, 2.24) is 5.32 Å². The van der Waals surface area contributed by atoms with Gasteiger partial charge in [-0.1, -0.05) is 18.9 Å². The number of anilines is 1. The Morgan fingerprint density at radius 2 is 2.11 bits per heavy atom. The van der Waals surface area contributed by atoms with Crippen molar-refractivity contribution in [1.29, 1.82) is 0 Å². The van der Waals surface area contributed by atoms with E-state index in [1.165, 1.54) is 31.7 Å². The summed E-state index contributed by atoms with van der Waals surface area (Å²) in [6, 6.07) is 6.86. The molecule has 1 aromatic rings. The lowest BCUT2D eigenvalue weighted by Crippen LogP contribution is -2.33. The predicted molar refractivity (Wildman–Crippen MR) is 79.1 cm³/mol. The van der Waals surface area contributed by atoms with E-state index in [0.717, 1.165) is 37.8 Å². The smallest absolute Gasteiger partial charge is 0.125 e. The van der Waals surface area contributed by atoms with E-state index in [4.69, 9.17) is 0 Å². The van der Waals surface area contributed by atoms with Crippen LogP contribution in [0.1, 0.15) is 32.6 Å². The zero-order chi connectivity index (χ0) is 13.5. The fraction of sp³-hybridized carbons (Fsp3) is 0.625. The quantitative estimate of drug-likeness (QED) is 0.759. The van der Waals surface area contributed by atoms with Crippen molar-refractivity contribution in [2.45, 2.75) is 32.6 Å². The average molecular weight is 264 g/mol. The van der Waals surface area contributed by atoms with Gasteiger partial charge in [0.15, 0.2) is 0 Å². The van der Waals surface area contributed by atoms with Gasteiger partial charge in [0.2, 0.25) is 0 Å². The highest BCUT2D eigenvalue weighted by molar-refractivity contribution is 5.46. The van der Waals surface area contributed by atoms with Gasteiger partial charge in [0, 0.05) is 25.3 Å². The van der Waals surface area contributed by atoms with Crippen LogP contribution in [0.15, 0.2) is 24.3 Å². The van der Waals surface area contributed by atoms with Crippen molar-refractivity contribution < 1.29 is 4.39 Å². The number of halogens is 1.